The molecule has 0 aliphatic rings. The number of rotatable bonds is 2. The van der Waals surface area contributed by atoms with Crippen LogP contribution in [-0.2, 0) is 0 Å². The van der Waals surface area contributed by atoms with E-state index in [2.05, 4.69) is 9.97 Å². The van der Waals surface area contributed by atoms with Gasteiger partial charge in [0.1, 0.15) is 10.5 Å². The molecule has 0 saturated carbocycles. The number of fused-ring (bicyclic) bond motifs is 2. The van der Waals surface area contributed by atoms with Gasteiger partial charge in [0.05, 0.1) is 5.52 Å². The maximum absolute atomic E-state index is 5.77. The predicted molar refractivity (Wildman–Crippen MR) is 84.3 cm³/mol. The van der Waals surface area contributed by atoms with E-state index in [-0.39, 0.29) is 0 Å². The van der Waals surface area contributed by atoms with Gasteiger partial charge in [-0.3, -0.25) is 0 Å². The molecule has 2 aromatic heterocycles. The molecule has 0 fully saturated rings. The van der Waals surface area contributed by atoms with Crippen molar-refractivity contribution in [2.75, 3.05) is 5.73 Å². The third-order valence-corrected chi connectivity index (χ3v) is 3.94. The van der Waals surface area contributed by atoms with Gasteiger partial charge in [-0.25, -0.2) is 9.97 Å². The first-order chi connectivity index (χ1) is 10.3. The van der Waals surface area contributed by atoms with E-state index in [1.807, 2.05) is 54.6 Å². The molecule has 0 atom stereocenters. The molecule has 2 N–H and O–H groups in total. The molecule has 4 aromatic rings. The zero-order chi connectivity index (χ0) is 14.2. The molecule has 21 heavy (non-hydrogen) atoms. The molecular weight excluding hydrogens is 282 g/mol. The van der Waals surface area contributed by atoms with Gasteiger partial charge in [-0.1, -0.05) is 18.2 Å². The lowest BCUT2D eigenvalue weighted by Gasteiger charge is -2.01. The Kier molecular flexibility index (Phi) is 2.79. The van der Waals surface area contributed by atoms with Gasteiger partial charge in [0, 0.05) is 11.1 Å². The van der Waals surface area contributed by atoms with Crippen LogP contribution in [0.15, 0.2) is 69.3 Å². The first kappa shape index (κ1) is 12.2. The number of para-hydroxylation sites is 2. The maximum Gasteiger partial charge on any atom is 0.263 e. The Morgan fingerprint density at radius 2 is 1.81 bits per heavy atom. The first-order valence-electron chi connectivity index (χ1n) is 6.48. The summed E-state index contributed by atoms with van der Waals surface area (Å²) in [5.41, 5.74) is 9.06. The molecule has 4 rings (SSSR count). The zero-order valence-corrected chi connectivity index (χ0v) is 11.8. The number of aromatic nitrogens is 2. The van der Waals surface area contributed by atoms with Crippen LogP contribution in [0, 0.1) is 0 Å². The number of hydrogen-bond donors (Lipinski definition) is 1. The van der Waals surface area contributed by atoms with E-state index in [4.69, 9.17) is 10.2 Å². The van der Waals surface area contributed by atoms with Crippen LogP contribution < -0.4 is 5.73 Å². The molecule has 2 heterocycles. The van der Waals surface area contributed by atoms with Crippen LogP contribution in [0.2, 0.25) is 0 Å². The second kappa shape index (κ2) is 4.79. The summed E-state index contributed by atoms with van der Waals surface area (Å²) in [6, 6.07) is 17.3. The second-order valence-electron chi connectivity index (χ2n) is 4.65. The van der Waals surface area contributed by atoms with Gasteiger partial charge in [0.15, 0.2) is 5.58 Å². The van der Waals surface area contributed by atoms with Crippen molar-refractivity contribution >= 4 is 39.5 Å². The Morgan fingerprint density at radius 3 is 2.71 bits per heavy atom. The van der Waals surface area contributed by atoms with Crippen LogP contribution in [-0.4, -0.2) is 9.97 Å². The van der Waals surface area contributed by atoms with Gasteiger partial charge in [0.2, 0.25) is 0 Å². The molecule has 0 spiro atoms. The second-order valence-corrected chi connectivity index (χ2v) is 5.62. The molecule has 0 aliphatic heterocycles. The summed E-state index contributed by atoms with van der Waals surface area (Å²) in [6.07, 6.45) is 0. The Balaban J connectivity index is 1.71. The number of nitrogens with zero attached hydrogens (tertiary/aromatic N) is 2. The smallest absolute Gasteiger partial charge is 0.263 e. The van der Waals surface area contributed by atoms with Crippen molar-refractivity contribution in [2.24, 2.45) is 0 Å². The molecule has 0 unspecified atom stereocenters. The lowest BCUT2D eigenvalue weighted by Crippen LogP contribution is -1.87. The number of anilines is 1. The molecule has 2 aromatic carbocycles. The fourth-order valence-corrected chi connectivity index (χ4v) is 2.90. The van der Waals surface area contributed by atoms with Crippen molar-refractivity contribution in [1.29, 1.82) is 0 Å². The Hall–Kier alpha value is -2.53. The monoisotopic (exact) mass is 293 g/mol. The van der Waals surface area contributed by atoms with Crippen LogP contribution in [0.3, 0.4) is 0 Å². The van der Waals surface area contributed by atoms with E-state index in [9.17, 15) is 0 Å². The van der Waals surface area contributed by atoms with Crippen molar-refractivity contribution in [3.8, 4) is 0 Å². The molecule has 5 heteroatoms. The fraction of sp³-hybridized carbons (Fsp3) is 0. The highest BCUT2D eigenvalue weighted by Crippen LogP contribution is 2.30. The van der Waals surface area contributed by atoms with Gasteiger partial charge < -0.3 is 10.2 Å². The SMILES string of the molecule is Nc1ccc2nc(Sc3nc4ccccc4o3)ccc2c1. The molecule has 0 aliphatic carbocycles. The summed E-state index contributed by atoms with van der Waals surface area (Å²) in [6.45, 7) is 0. The van der Waals surface area contributed by atoms with Gasteiger partial charge >= 0.3 is 0 Å². The summed E-state index contributed by atoms with van der Waals surface area (Å²) in [4.78, 5) is 9.03. The largest absolute Gasteiger partial charge is 0.431 e. The minimum Gasteiger partial charge on any atom is -0.431 e. The lowest BCUT2D eigenvalue weighted by molar-refractivity contribution is 0.489. The minimum absolute atomic E-state index is 0.596. The molecule has 102 valence electrons. The lowest BCUT2D eigenvalue weighted by atomic mass is 10.2. The molecule has 0 saturated heterocycles. The summed E-state index contributed by atoms with van der Waals surface area (Å²) in [7, 11) is 0. The standard InChI is InChI=1S/C16H11N3OS/c17-11-6-7-12-10(9-11)5-8-15(18-12)21-16-19-13-3-1-2-4-14(13)20-16/h1-9H,17H2. The molecule has 0 bridgehead atoms. The number of nitrogens with two attached hydrogens (primary N) is 1. The van der Waals surface area contributed by atoms with Crippen molar-refractivity contribution in [2.45, 2.75) is 10.2 Å². The van der Waals surface area contributed by atoms with Gasteiger partial charge in [0.25, 0.3) is 5.22 Å². The van der Waals surface area contributed by atoms with Crippen molar-refractivity contribution in [3.05, 3.63) is 54.6 Å². The van der Waals surface area contributed by atoms with Crippen LogP contribution in [0.25, 0.3) is 22.0 Å². The third-order valence-electron chi connectivity index (χ3n) is 3.15. The quantitative estimate of drug-likeness (QED) is 0.563. The zero-order valence-electron chi connectivity index (χ0n) is 11.0. The number of nitrogen functional groups attached to an aromatic ring is 1. The van der Waals surface area contributed by atoms with Crippen LogP contribution in [0.5, 0.6) is 0 Å². The van der Waals surface area contributed by atoms with E-state index in [0.29, 0.717) is 5.22 Å². The van der Waals surface area contributed by atoms with Gasteiger partial charge in [-0.15, -0.1) is 0 Å². The first-order valence-corrected chi connectivity index (χ1v) is 7.29. The Bertz CT molecular complexity index is 915. The van der Waals surface area contributed by atoms with E-state index in [1.165, 1.54) is 11.8 Å². The van der Waals surface area contributed by atoms with E-state index in [0.717, 1.165) is 32.7 Å². The number of oxazole rings is 1. The highest BCUT2D eigenvalue weighted by molar-refractivity contribution is 7.99. The van der Waals surface area contributed by atoms with Crippen LogP contribution in [0.1, 0.15) is 0 Å². The normalized spacial score (nSPS) is 11.2. The average Bonchev–Trinajstić information content (AvgIpc) is 2.89. The average molecular weight is 293 g/mol. The molecular formula is C16H11N3OS. The van der Waals surface area contributed by atoms with E-state index in [1.54, 1.807) is 0 Å². The van der Waals surface area contributed by atoms with Crippen molar-refractivity contribution in [3.63, 3.8) is 0 Å². The number of hydrogen-bond acceptors (Lipinski definition) is 5. The van der Waals surface area contributed by atoms with E-state index < -0.39 is 0 Å². The van der Waals surface area contributed by atoms with E-state index >= 15 is 0 Å². The summed E-state index contributed by atoms with van der Waals surface area (Å²) in [5, 5.41) is 2.47. The summed E-state index contributed by atoms with van der Waals surface area (Å²) in [5.74, 6) is 0. The molecule has 0 amide bonds. The van der Waals surface area contributed by atoms with Crippen molar-refractivity contribution in [1.82, 2.24) is 9.97 Å². The Labute approximate surface area is 125 Å². The summed E-state index contributed by atoms with van der Waals surface area (Å²) >= 11 is 1.41. The van der Waals surface area contributed by atoms with Crippen molar-refractivity contribution < 1.29 is 4.42 Å². The molecule has 0 radical (unpaired) electrons. The van der Waals surface area contributed by atoms with Crippen LogP contribution in [0.4, 0.5) is 5.69 Å². The summed E-state index contributed by atoms with van der Waals surface area (Å²) < 4.78 is 5.69. The van der Waals surface area contributed by atoms with Crippen LogP contribution >= 0.6 is 11.8 Å². The third kappa shape index (κ3) is 2.32. The highest BCUT2D eigenvalue weighted by atomic mass is 32.2. The van der Waals surface area contributed by atoms with Gasteiger partial charge in [-0.2, -0.15) is 0 Å². The Morgan fingerprint density at radius 1 is 0.905 bits per heavy atom. The van der Waals surface area contributed by atoms with Gasteiger partial charge in [-0.05, 0) is 48.2 Å². The number of pyridine rings is 1. The molecule has 4 nitrogen and oxygen atoms in total. The minimum atomic E-state index is 0.596. The fourth-order valence-electron chi connectivity index (χ4n) is 2.17. The predicted octanol–water partition coefficient (Wildman–Crippen LogP) is 4.11. The topological polar surface area (TPSA) is 64.9 Å². The number of benzene rings is 2. The maximum atomic E-state index is 5.77. The highest BCUT2D eigenvalue weighted by Gasteiger charge is 2.08.